The van der Waals surface area contributed by atoms with Crippen LogP contribution in [0.25, 0.3) is 22.0 Å². The second kappa shape index (κ2) is 6.01. The molecule has 0 bridgehead atoms. The van der Waals surface area contributed by atoms with E-state index >= 15 is 0 Å². The zero-order chi connectivity index (χ0) is 18.0. The van der Waals surface area contributed by atoms with Crippen LogP contribution in [-0.2, 0) is 30.9 Å². The summed E-state index contributed by atoms with van der Waals surface area (Å²) >= 11 is 0. The Balaban J connectivity index is 0.00000196. The fourth-order valence-electron chi connectivity index (χ4n) is 4.38. The maximum atomic E-state index is 4.69. The van der Waals surface area contributed by atoms with Crippen LogP contribution >= 0.6 is 0 Å². The summed E-state index contributed by atoms with van der Waals surface area (Å²) < 4.78 is 0. The van der Waals surface area contributed by atoms with Gasteiger partial charge in [-0.2, -0.15) is 0 Å². The smallest absolute Gasteiger partial charge is 0.0239 e. The maximum Gasteiger partial charge on any atom is 0.0239 e. The Morgan fingerprint density at radius 3 is 2.00 bits per heavy atom. The van der Waals surface area contributed by atoms with E-state index in [1.54, 1.807) is 0 Å². The van der Waals surface area contributed by atoms with Crippen LogP contribution in [0.1, 0.15) is 52.7 Å². The van der Waals surface area contributed by atoms with Gasteiger partial charge >= 0.3 is 0 Å². The molecule has 26 heavy (non-hydrogen) atoms. The number of hydrogen-bond acceptors (Lipinski definition) is 1. The largest absolute Gasteiger partial charge is 0.304 e. The van der Waals surface area contributed by atoms with Gasteiger partial charge in [-0.1, -0.05) is 53.7 Å². The molecular formula is C24H26IrN-. The van der Waals surface area contributed by atoms with E-state index in [1.165, 1.54) is 21.9 Å². The fourth-order valence-corrected chi connectivity index (χ4v) is 4.38. The summed E-state index contributed by atoms with van der Waals surface area (Å²) in [6, 6.07) is 18.3. The average Bonchev–Trinajstić information content (AvgIpc) is 2.69. The molecule has 0 saturated carbocycles. The Hall–Kier alpha value is -1.50. The Bertz CT molecular complexity index is 968. The Morgan fingerprint density at radius 2 is 1.42 bits per heavy atom. The number of rotatable bonds is 1. The summed E-state index contributed by atoms with van der Waals surface area (Å²) in [5.41, 5.74) is 5.42. The molecule has 0 N–H and O–H groups in total. The van der Waals surface area contributed by atoms with Crippen molar-refractivity contribution in [2.75, 3.05) is 0 Å². The van der Waals surface area contributed by atoms with Crippen molar-refractivity contribution < 1.29 is 20.1 Å². The van der Waals surface area contributed by atoms with Gasteiger partial charge in [0, 0.05) is 26.3 Å². The first-order valence-electron chi connectivity index (χ1n) is 9.08. The van der Waals surface area contributed by atoms with Gasteiger partial charge in [0.15, 0.2) is 0 Å². The van der Waals surface area contributed by atoms with Crippen LogP contribution in [-0.4, -0.2) is 4.98 Å². The molecule has 2 heteroatoms. The quantitative estimate of drug-likeness (QED) is 0.344. The van der Waals surface area contributed by atoms with Crippen molar-refractivity contribution in [3.05, 3.63) is 65.9 Å². The summed E-state index contributed by atoms with van der Waals surface area (Å²) in [5, 5.41) is 2.49. The standard InChI is InChI=1S/C24H26N.Ir/c1-22(2)19-12-17-14-21(16-10-8-7-9-11-16)25-15-18(17)13-20(19)23(3,4)24(22,5)6;/h7-10,12-15H,1-6H3;/q-1;. The van der Waals surface area contributed by atoms with Gasteiger partial charge in [0.05, 0.1) is 0 Å². The summed E-state index contributed by atoms with van der Waals surface area (Å²) in [6.07, 6.45) is 2.01. The fraction of sp³-hybridized carbons (Fsp3) is 0.375. The van der Waals surface area contributed by atoms with Crippen molar-refractivity contribution in [3.8, 4) is 11.3 Å². The maximum absolute atomic E-state index is 4.69. The molecule has 0 fully saturated rings. The first-order chi connectivity index (χ1) is 11.7. The number of pyridine rings is 1. The van der Waals surface area contributed by atoms with Crippen molar-refractivity contribution in [2.45, 2.75) is 52.4 Å². The van der Waals surface area contributed by atoms with E-state index in [9.17, 15) is 0 Å². The van der Waals surface area contributed by atoms with E-state index in [4.69, 9.17) is 4.98 Å². The van der Waals surface area contributed by atoms with Crippen LogP contribution in [0, 0.1) is 11.5 Å². The van der Waals surface area contributed by atoms with Crippen molar-refractivity contribution in [1.82, 2.24) is 4.98 Å². The second-order valence-electron chi connectivity index (χ2n) is 8.97. The van der Waals surface area contributed by atoms with Crippen LogP contribution in [0.2, 0.25) is 0 Å². The van der Waals surface area contributed by atoms with Gasteiger partial charge in [-0.3, -0.25) is 0 Å². The number of nitrogens with zero attached hydrogens (tertiary/aromatic N) is 1. The Labute approximate surface area is 170 Å². The summed E-state index contributed by atoms with van der Waals surface area (Å²) in [7, 11) is 0. The molecule has 3 aromatic rings. The van der Waals surface area contributed by atoms with E-state index in [1.807, 2.05) is 24.4 Å². The molecule has 2 aromatic carbocycles. The van der Waals surface area contributed by atoms with Gasteiger partial charge in [0.2, 0.25) is 0 Å². The summed E-state index contributed by atoms with van der Waals surface area (Å²) in [6.45, 7) is 14.3. The zero-order valence-corrected chi connectivity index (χ0v) is 18.8. The van der Waals surface area contributed by atoms with Gasteiger partial charge < -0.3 is 4.98 Å². The third kappa shape index (κ3) is 2.42. The molecule has 0 amide bonds. The third-order valence-corrected chi connectivity index (χ3v) is 7.31. The topological polar surface area (TPSA) is 12.9 Å². The van der Waals surface area contributed by atoms with Crippen molar-refractivity contribution >= 4 is 10.8 Å². The molecule has 4 rings (SSSR count). The molecule has 1 aliphatic carbocycles. The van der Waals surface area contributed by atoms with Crippen LogP contribution in [0.3, 0.4) is 0 Å². The molecule has 0 atom stereocenters. The van der Waals surface area contributed by atoms with Gasteiger partial charge in [0.25, 0.3) is 0 Å². The van der Waals surface area contributed by atoms with Gasteiger partial charge in [-0.15, -0.1) is 35.9 Å². The van der Waals surface area contributed by atoms with Gasteiger partial charge in [0.1, 0.15) is 0 Å². The Kier molecular flexibility index (Phi) is 4.45. The molecule has 0 spiro atoms. The molecule has 1 heterocycles. The van der Waals surface area contributed by atoms with Crippen LogP contribution in [0.5, 0.6) is 0 Å². The molecule has 0 aliphatic heterocycles. The molecule has 0 unspecified atom stereocenters. The number of benzene rings is 2. The second-order valence-corrected chi connectivity index (χ2v) is 8.97. The van der Waals surface area contributed by atoms with E-state index in [0.717, 1.165) is 11.3 Å². The summed E-state index contributed by atoms with van der Waals surface area (Å²) in [5.74, 6) is 0. The van der Waals surface area contributed by atoms with Gasteiger partial charge in [-0.25, -0.2) is 0 Å². The first-order valence-corrected chi connectivity index (χ1v) is 9.08. The molecule has 1 aromatic heterocycles. The van der Waals surface area contributed by atoms with E-state index in [2.05, 4.69) is 71.9 Å². The molecule has 1 nitrogen and oxygen atoms in total. The minimum Gasteiger partial charge on any atom is -0.304 e. The van der Waals surface area contributed by atoms with E-state index in [0.29, 0.717) is 0 Å². The van der Waals surface area contributed by atoms with Crippen molar-refractivity contribution in [1.29, 1.82) is 0 Å². The van der Waals surface area contributed by atoms with E-state index in [-0.39, 0.29) is 36.4 Å². The first kappa shape index (κ1) is 19.3. The number of hydrogen-bond donors (Lipinski definition) is 0. The van der Waals surface area contributed by atoms with E-state index < -0.39 is 0 Å². The van der Waals surface area contributed by atoms with Crippen LogP contribution in [0.15, 0.2) is 48.7 Å². The monoisotopic (exact) mass is 521 g/mol. The Morgan fingerprint density at radius 1 is 0.808 bits per heavy atom. The minimum atomic E-state index is 0. The molecular weight excluding hydrogens is 494 g/mol. The van der Waals surface area contributed by atoms with Crippen molar-refractivity contribution in [3.63, 3.8) is 0 Å². The SMILES string of the molecule is CC1(C)c2cc3cnc(-c4[c-]cccc4)cc3cc2C(C)(C)C1(C)C.[Ir]. The molecule has 137 valence electrons. The molecule has 1 radical (unpaired) electrons. The summed E-state index contributed by atoms with van der Waals surface area (Å²) in [4.78, 5) is 4.69. The number of aromatic nitrogens is 1. The normalized spacial score (nSPS) is 19.0. The third-order valence-electron chi connectivity index (χ3n) is 7.31. The van der Waals surface area contributed by atoms with Gasteiger partial charge in [-0.05, 0) is 49.9 Å². The predicted octanol–water partition coefficient (Wildman–Crippen LogP) is 6.29. The molecule has 1 aliphatic rings. The minimum absolute atomic E-state index is 0. The van der Waals surface area contributed by atoms with Crippen molar-refractivity contribution in [2.24, 2.45) is 5.41 Å². The van der Waals surface area contributed by atoms with Crippen LogP contribution < -0.4 is 0 Å². The predicted molar refractivity (Wildman–Crippen MR) is 106 cm³/mol. The zero-order valence-electron chi connectivity index (χ0n) is 16.4. The number of fused-ring (bicyclic) bond motifs is 2. The van der Waals surface area contributed by atoms with Crippen LogP contribution in [0.4, 0.5) is 0 Å². The average molecular weight is 521 g/mol. The molecule has 0 saturated heterocycles.